The third kappa shape index (κ3) is 2.98. The maximum absolute atomic E-state index is 3.65. The second-order valence-electron chi connectivity index (χ2n) is 4.97. The highest BCUT2D eigenvalue weighted by Crippen LogP contribution is 2.37. The highest BCUT2D eigenvalue weighted by atomic mass is 14.9. The Morgan fingerprint density at radius 1 is 1.08 bits per heavy atom. The van der Waals surface area contributed by atoms with Crippen molar-refractivity contribution in [2.45, 2.75) is 57.9 Å². The van der Waals surface area contributed by atoms with E-state index in [0.717, 1.165) is 24.4 Å². The molecular formula is C12H23N. The Labute approximate surface area is 82.3 Å². The van der Waals surface area contributed by atoms with E-state index >= 15 is 0 Å². The second kappa shape index (κ2) is 4.45. The first-order valence-corrected chi connectivity index (χ1v) is 6.12. The highest BCUT2D eigenvalue weighted by Gasteiger charge is 2.28. The maximum atomic E-state index is 3.65. The molecule has 1 unspecified atom stereocenters. The van der Waals surface area contributed by atoms with E-state index < -0.39 is 0 Å². The van der Waals surface area contributed by atoms with E-state index in [-0.39, 0.29) is 0 Å². The summed E-state index contributed by atoms with van der Waals surface area (Å²) in [5.74, 6) is 2.16. The van der Waals surface area contributed by atoms with Gasteiger partial charge >= 0.3 is 0 Å². The third-order valence-corrected chi connectivity index (χ3v) is 3.65. The molecular weight excluding hydrogens is 158 g/mol. The molecule has 2 aliphatic carbocycles. The number of hydrogen-bond acceptors (Lipinski definition) is 1. The van der Waals surface area contributed by atoms with Crippen LogP contribution in [0, 0.1) is 11.8 Å². The zero-order valence-electron chi connectivity index (χ0n) is 8.89. The van der Waals surface area contributed by atoms with Crippen LogP contribution >= 0.6 is 0 Å². The predicted octanol–water partition coefficient (Wildman–Crippen LogP) is 2.95. The molecule has 0 aromatic heterocycles. The van der Waals surface area contributed by atoms with Crippen molar-refractivity contribution >= 4 is 0 Å². The van der Waals surface area contributed by atoms with E-state index in [1.54, 1.807) is 0 Å². The van der Waals surface area contributed by atoms with E-state index in [9.17, 15) is 0 Å². The topological polar surface area (TPSA) is 12.0 Å². The Bertz CT molecular complexity index is 147. The Hall–Kier alpha value is -0.0400. The molecule has 2 saturated carbocycles. The standard InChI is InChI=1S/C12H23N/c1-2-13-12(9-11-6-7-11)8-10-4-3-5-10/h10-13H,2-9H2,1H3. The van der Waals surface area contributed by atoms with Gasteiger partial charge in [0.1, 0.15) is 0 Å². The number of hydrogen-bond donors (Lipinski definition) is 1. The minimum Gasteiger partial charge on any atom is -0.314 e. The lowest BCUT2D eigenvalue weighted by Gasteiger charge is -2.30. The molecule has 0 amide bonds. The van der Waals surface area contributed by atoms with Crippen LogP contribution in [0.5, 0.6) is 0 Å². The molecule has 0 bridgehead atoms. The first kappa shape index (κ1) is 9.51. The Morgan fingerprint density at radius 2 is 1.69 bits per heavy atom. The smallest absolute Gasteiger partial charge is 0.00722 e. The second-order valence-corrected chi connectivity index (χ2v) is 4.97. The van der Waals surface area contributed by atoms with Gasteiger partial charge in [-0.05, 0) is 31.2 Å². The van der Waals surface area contributed by atoms with Gasteiger partial charge in [0.05, 0.1) is 0 Å². The molecule has 2 rings (SSSR count). The number of rotatable bonds is 6. The van der Waals surface area contributed by atoms with Gasteiger partial charge in [-0.1, -0.05) is 39.0 Å². The summed E-state index contributed by atoms with van der Waals surface area (Å²) in [4.78, 5) is 0. The van der Waals surface area contributed by atoms with Gasteiger partial charge in [0.15, 0.2) is 0 Å². The van der Waals surface area contributed by atoms with Crippen molar-refractivity contribution in [3.8, 4) is 0 Å². The summed E-state index contributed by atoms with van der Waals surface area (Å²) in [6.45, 7) is 3.39. The summed E-state index contributed by atoms with van der Waals surface area (Å²) in [6, 6.07) is 0.850. The first-order valence-electron chi connectivity index (χ1n) is 6.12. The molecule has 0 aromatic rings. The number of nitrogens with one attached hydrogen (secondary N) is 1. The molecule has 0 aromatic carbocycles. The zero-order chi connectivity index (χ0) is 9.10. The van der Waals surface area contributed by atoms with Crippen molar-refractivity contribution in [3.05, 3.63) is 0 Å². The summed E-state index contributed by atoms with van der Waals surface area (Å²) in [5.41, 5.74) is 0. The van der Waals surface area contributed by atoms with Gasteiger partial charge in [-0.2, -0.15) is 0 Å². The van der Waals surface area contributed by atoms with Crippen molar-refractivity contribution in [1.82, 2.24) is 5.32 Å². The van der Waals surface area contributed by atoms with Crippen LogP contribution in [-0.2, 0) is 0 Å². The summed E-state index contributed by atoms with van der Waals surface area (Å²) < 4.78 is 0. The van der Waals surface area contributed by atoms with Crippen molar-refractivity contribution in [2.24, 2.45) is 11.8 Å². The van der Waals surface area contributed by atoms with Gasteiger partial charge in [0, 0.05) is 6.04 Å². The van der Waals surface area contributed by atoms with Crippen LogP contribution in [-0.4, -0.2) is 12.6 Å². The van der Waals surface area contributed by atoms with Crippen LogP contribution in [0.2, 0.25) is 0 Å². The average molecular weight is 181 g/mol. The molecule has 13 heavy (non-hydrogen) atoms. The Morgan fingerprint density at radius 3 is 2.08 bits per heavy atom. The van der Waals surface area contributed by atoms with E-state index in [2.05, 4.69) is 12.2 Å². The highest BCUT2D eigenvalue weighted by molar-refractivity contribution is 4.83. The summed E-state index contributed by atoms with van der Waals surface area (Å²) in [5, 5.41) is 3.65. The van der Waals surface area contributed by atoms with Crippen molar-refractivity contribution in [3.63, 3.8) is 0 Å². The van der Waals surface area contributed by atoms with Crippen LogP contribution < -0.4 is 5.32 Å². The Kier molecular flexibility index (Phi) is 3.26. The molecule has 0 heterocycles. The lowest BCUT2D eigenvalue weighted by atomic mass is 9.80. The van der Waals surface area contributed by atoms with Gasteiger partial charge < -0.3 is 5.32 Å². The largest absolute Gasteiger partial charge is 0.314 e. The van der Waals surface area contributed by atoms with Crippen molar-refractivity contribution in [2.75, 3.05) is 6.54 Å². The monoisotopic (exact) mass is 181 g/mol. The fourth-order valence-electron chi connectivity index (χ4n) is 2.44. The van der Waals surface area contributed by atoms with E-state index in [1.807, 2.05) is 0 Å². The predicted molar refractivity (Wildman–Crippen MR) is 56.8 cm³/mol. The third-order valence-electron chi connectivity index (χ3n) is 3.65. The van der Waals surface area contributed by atoms with Gasteiger partial charge in [-0.3, -0.25) is 0 Å². The van der Waals surface area contributed by atoms with Crippen LogP contribution in [0.3, 0.4) is 0 Å². The molecule has 0 spiro atoms. The van der Waals surface area contributed by atoms with E-state index in [4.69, 9.17) is 0 Å². The molecule has 0 aliphatic heterocycles. The molecule has 1 nitrogen and oxygen atoms in total. The minimum absolute atomic E-state index is 0.850. The lowest BCUT2D eigenvalue weighted by molar-refractivity contribution is 0.252. The molecule has 0 radical (unpaired) electrons. The molecule has 2 fully saturated rings. The molecule has 76 valence electrons. The van der Waals surface area contributed by atoms with Crippen molar-refractivity contribution in [1.29, 1.82) is 0 Å². The molecule has 1 heteroatoms. The normalized spacial score (nSPS) is 25.6. The summed E-state index contributed by atoms with van der Waals surface area (Å²) in [7, 11) is 0. The molecule has 2 aliphatic rings. The van der Waals surface area contributed by atoms with Gasteiger partial charge in [0.2, 0.25) is 0 Å². The molecule has 1 N–H and O–H groups in total. The van der Waals surface area contributed by atoms with Gasteiger partial charge in [0.25, 0.3) is 0 Å². The van der Waals surface area contributed by atoms with Gasteiger partial charge in [-0.25, -0.2) is 0 Å². The zero-order valence-corrected chi connectivity index (χ0v) is 8.89. The lowest BCUT2D eigenvalue weighted by Crippen LogP contribution is -2.33. The van der Waals surface area contributed by atoms with Crippen LogP contribution in [0.25, 0.3) is 0 Å². The molecule has 1 atom stereocenters. The van der Waals surface area contributed by atoms with E-state index in [0.29, 0.717) is 0 Å². The average Bonchev–Trinajstić information content (AvgIpc) is 2.81. The van der Waals surface area contributed by atoms with E-state index in [1.165, 1.54) is 44.9 Å². The quantitative estimate of drug-likeness (QED) is 0.664. The SMILES string of the molecule is CCNC(CC1CCC1)CC1CC1. The minimum atomic E-state index is 0.850. The van der Waals surface area contributed by atoms with Crippen LogP contribution in [0.15, 0.2) is 0 Å². The van der Waals surface area contributed by atoms with Crippen LogP contribution in [0.4, 0.5) is 0 Å². The Balaban J connectivity index is 1.67. The summed E-state index contributed by atoms with van der Waals surface area (Å²) >= 11 is 0. The van der Waals surface area contributed by atoms with Gasteiger partial charge in [-0.15, -0.1) is 0 Å². The summed E-state index contributed by atoms with van der Waals surface area (Å²) in [6.07, 6.45) is 10.4. The van der Waals surface area contributed by atoms with Crippen molar-refractivity contribution < 1.29 is 0 Å². The fourth-order valence-corrected chi connectivity index (χ4v) is 2.44. The van der Waals surface area contributed by atoms with Crippen LogP contribution in [0.1, 0.15) is 51.9 Å². The fraction of sp³-hybridized carbons (Fsp3) is 1.00. The maximum Gasteiger partial charge on any atom is 0.00722 e. The first-order chi connectivity index (χ1) is 6.38. The molecule has 0 saturated heterocycles.